The molecular formula is C12H26N2. The van der Waals surface area contributed by atoms with E-state index >= 15 is 0 Å². The average molecular weight is 198 g/mol. The zero-order valence-corrected chi connectivity index (χ0v) is 10.1. The first-order valence-corrected chi connectivity index (χ1v) is 6.17. The van der Waals surface area contributed by atoms with Crippen LogP contribution < -0.4 is 5.32 Å². The van der Waals surface area contributed by atoms with E-state index in [9.17, 15) is 0 Å². The molecule has 0 aromatic carbocycles. The van der Waals surface area contributed by atoms with Gasteiger partial charge >= 0.3 is 0 Å². The molecule has 1 saturated heterocycles. The van der Waals surface area contributed by atoms with Crippen LogP contribution in [0.1, 0.15) is 33.6 Å². The molecule has 0 amide bonds. The SMILES string of the molecule is CCCNCCN1CCC(C(C)C)C1. The predicted octanol–water partition coefficient (Wildman–Crippen LogP) is 1.96. The van der Waals surface area contributed by atoms with E-state index < -0.39 is 0 Å². The van der Waals surface area contributed by atoms with Crippen molar-refractivity contribution in [2.45, 2.75) is 33.6 Å². The Balaban J connectivity index is 2.04. The predicted molar refractivity (Wildman–Crippen MR) is 62.5 cm³/mol. The summed E-state index contributed by atoms with van der Waals surface area (Å²) >= 11 is 0. The maximum Gasteiger partial charge on any atom is 0.0107 e. The molecule has 1 atom stereocenters. The lowest BCUT2D eigenvalue weighted by Gasteiger charge is -2.17. The van der Waals surface area contributed by atoms with Crippen LogP contribution in [0.5, 0.6) is 0 Å². The molecule has 1 aliphatic heterocycles. The monoisotopic (exact) mass is 198 g/mol. The number of rotatable bonds is 6. The molecule has 0 spiro atoms. The van der Waals surface area contributed by atoms with Gasteiger partial charge in [0.2, 0.25) is 0 Å². The van der Waals surface area contributed by atoms with E-state index in [0.717, 1.165) is 11.8 Å². The lowest BCUT2D eigenvalue weighted by Crippen LogP contribution is -2.31. The van der Waals surface area contributed by atoms with Crippen molar-refractivity contribution in [1.82, 2.24) is 10.2 Å². The molecule has 1 aliphatic rings. The summed E-state index contributed by atoms with van der Waals surface area (Å²) in [4.78, 5) is 2.60. The summed E-state index contributed by atoms with van der Waals surface area (Å²) in [7, 11) is 0. The van der Waals surface area contributed by atoms with Crippen LogP contribution in [0.15, 0.2) is 0 Å². The van der Waals surface area contributed by atoms with Crippen LogP contribution in [0.25, 0.3) is 0 Å². The van der Waals surface area contributed by atoms with Crippen LogP contribution in [0.3, 0.4) is 0 Å². The third-order valence-corrected chi connectivity index (χ3v) is 3.28. The Morgan fingerprint density at radius 1 is 1.36 bits per heavy atom. The highest BCUT2D eigenvalue weighted by molar-refractivity contribution is 4.77. The van der Waals surface area contributed by atoms with Crippen molar-refractivity contribution in [3.63, 3.8) is 0 Å². The summed E-state index contributed by atoms with van der Waals surface area (Å²) in [6.07, 6.45) is 2.65. The van der Waals surface area contributed by atoms with Crippen LogP contribution in [0, 0.1) is 11.8 Å². The van der Waals surface area contributed by atoms with Crippen molar-refractivity contribution in [3.8, 4) is 0 Å². The topological polar surface area (TPSA) is 15.3 Å². The molecule has 14 heavy (non-hydrogen) atoms. The normalized spacial score (nSPS) is 23.6. The zero-order valence-electron chi connectivity index (χ0n) is 10.1. The molecule has 0 aromatic heterocycles. The van der Waals surface area contributed by atoms with E-state index in [-0.39, 0.29) is 0 Å². The van der Waals surface area contributed by atoms with Gasteiger partial charge in [0.1, 0.15) is 0 Å². The maximum absolute atomic E-state index is 3.46. The Morgan fingerprint density at radius 2 is 2.14 bits per heavy atom. The fourth-order valence-corrected chi connectivity index (χ4v) is 2.15. The van der Waals surface area contributed by atoms with Gasteiger partial charge < -0.3 is 10.2 Å². The molecule has 0 saturated carbocycles. The Morgan fingerprint density at radius 3 is 2.71 bits per heavy atom. The van der Waals surface area contributed by atoms with E-state index in [0.29, 0.717) is 0 Å². The Hall–Kier alpha value is -0.0800. The summed E-state index contributed by atoms with van der Waals surface area (Å²) in [5.74, 6) is 1.81. The van der Waals surface area contributed by atoms with Crippen LogP contribution in [0.2, 0.25) is 0 Å². The van der Waals surface area contributed by atoms with Gasteiger partial charge in [-0.1, -0.05) is 20.8 Å². The van der Waals surface area contributed by atoms with Gasteiger partial charge in [0, 0.05) is 19.6 Å². The highest BCUT2D eigenvalue weighted by atomic mass is 15.2. The van der Waals surface area contributed by atoms with E-state index in [4.69, 9.17) is 0 Å². The third-order valence-electron chi connectivity index (χ3n) is 3.28. The van der Waals surface area contributed by atoms with Crippen molar-refractivity contribution in [2.75, 3.05) is 32.7 Å². The van der Waals surface area contributed by atoms with Crippen LogP contribution >= 0.6 is 0 Å². The van der Waals surface area contributed by atoms with E-state index in [2.05, 4.69) is 31.0 Å². The number of hydrogen-bond acceptors (Lipinski definition) is 2. The quantitative estimate of drug-likeness (QED) is 0.656. The second-order valence-electron chi connectivity index (χ2n) is 4.84. The minimum Gasteiger partial charge on any atom is -0.315 e. The molecule has 1 fully saturated rings. The van der Waals surface area contributed by atoms with E-state index in [1.165, 1.54) is 45.6 Å². The fraction of sp³-hybridized carbons (Fsp3) is 1.00. The smallest absolute Gasteiger partial charge is 0.0107 e. The van der Waals surface area contributed by atoms with Gasteiger partial charge in [0.15, 0.2) is 0 Å². The van der Waals surface area contributed by atoms with Crippen molar-refractivity contribution < 1.29 is 0 Å². The standard InChI is InChI=1S/C12H26N2/c1-4-6-13-7-9-14-8-5-12(10-14)11(2)3/h11-13H,4-10H2,1-3H3. The molecule has 1 rings (SSSR count). The lowest BCUT2D eigenvalue weighted by atomic mass is 9.95. The summed E-state index contributed by atoms with van der Waals surface area (Å²) in [6, 6.07) is 0. The Kier molecular flexibility index (Phi) is 5.49. The summed E-state index contributed by atoms with van der Waals surface area (Å²) in [5, 5.41) is 3.46. The van der Waals surface area contributed by atoms with Gasteiger partial charge in [0.25, 0.3) is 0 Å². The van der Waals surface area contributed by atoms with Crippen molar-refractivity contribution in [1.29, 1.82) is 0 Å². The molecule has 1 N–H and O–H groups in total. The Labute approximate surface area is 89.1 Å². The van der Waals surface area contributed by atoms with Gasteiger partial charge in [-0.05, 0) is 37.8 Å². The molecule has 0 bridgehead atoms. The van der Waals surface area contributed by atoms with E-state index in [1.54, 1.807) is 0 Å². The molecule has 2 nitrogen and oxygen atoms in total. The first kappa shape index (κ1) is 12.0. The molecule has 0 aliphatic carbocycles. The maximum atomic E-state index is 3.46. The van der Waals surface area contributed by atoms with Gasteiger partial charge in [0.05, 0.1) is 0 Å². The average Bonchev–Trinajstić information content (AvgIpc) is 2.61. The first-order valence-electron chi connectivity index (χ1n) is 6.17. The fourth-order valence-electron chi connectivity index (χ4n) is 2.15. The van der Waals surface area contributed by atoms with Gasteiger partial charge in [-0.25, -0.2) is 0 Å². The van der Waals surface area contributed by atoms with Crippen LogP contribution in [-0.2, 0) is 0 Å². The zero-order chi connectivity index (χ0) is 10.4. The van der Waals surface area contributed by atoms with Crippen molar-refractivity contribution in [2.24, 2.45) is 11.8 Å². The minimum atomic E-state index is 0.864. The molecule has 0 radical (unpaired) electrons. The molecule has 2 heteroatoms. The number of nitrogens with one attached hydrogen (secondary N) is 1. The minimum absolute atomic E-state index is 0.864. The highest BCUT2D eigenvalue weighted by Gasteiger charge is 2.23. The van der Waals surface area contributed by atoms with Crippen LogP contribution in [-0.4, -0.2) is 37.6 Å². The lowest BCUT2D eigenvalue weighted by molar-refractivity contribution is 0.302. The van der Waals surface area contributed by atoms with E-state index in [1.807, 2.05) is 0 Å². The number of hydrogen-bond donors (Lipinski definition) is 1. The molecule has 1 unspecified atom stereocenters. The summed E-state index contributed by atoms with van der Waals surface area (Å²) < 4.78 is 0. The van der Waals surface area contributed by atoms with Gasteiger partial charge in [-0.15, -0.1) is 0 Å². The molecule has 84 valence electrons. The van der Waals surface area contributed by atoms with Gasteiger partial charge in [-0.3, -0.25) is 0 Å². The summed E-state index contributed by atoms with van der Waals surface area (Å²) in [6.45, 7) is 13.1. The number of nitrogens with zero attached hydrogens (tertiary/aromatic N) is 1. The van der Waals surface area contributed by atoms with Crippen molar-refractivity contribution >= 4 is 0 Å². The Bertz CT molecular complexity index is 145. The van der Waals surface area contributed by atoms with Gasteiger partial charge in [-0.2, -0.15) is 0 Å². The summed E-state index contributed by atoms with van der Waals surface area (Å²) in [5.41, 5.74) is 0. The third kappa shape index (κ3) is 3.97. The van der Waals surface area contributed by atoms with Crippen LogP contribution in [0.4, 0.5) is 0 Å². The molecule has 1 heterocycles. The second-order valence-corrected chi connectivity index (χ2v) is 4.84. The first-order chi connectivity index (χ1) is 6.74. The number of likely N-dealkylation sites (tertiary alicyclic amines) is 1. The second kappa shape index (κ2) is 6.41. The largest absolute Gasteiger partial charge is 0.315 e. The van der Waals surface area contributed by atoms with Crippen molar-refractivity contribution in [3.05, 3.63) is 0 Å². The molecular weight excluding hydrogens is 172 g/mol. The molecule has 0 aromatic rings. The highest BCUT2D eigenvalue weighted by Crippen LogP contribution is 2.22.